The highest BCUT2D eigenvalue weighted by molar-refractivity contribution is 6.30. The van der Waals surface area contributed by atoms with Gasteiger partial charge in [-0.3, -0.25) is 9.89 Å². The fourth-order valence-corrected chi connectivity index (χ4v) is 1.30. The zero-order chi connectivity index (χ0) is 11.5. The van der Waals surface area contributed by atoms with E-state index in [0.717, 1.165) is 0 Å². The van der Waals surface area contributed by atoms with Gasteiger partial charge in [0.25, 0.3) is 5.56 Å². The monoisotopic (exact) mass is 236 g/mol. The SMILES string of the molecule is Cc1[nH][nH]c(=O)c1N=Nc1ccc(Cl)cc1. The van der Waals surface area contributed by atoms with Crippen molar-refractivity contribution >= 4 is 23.0 Å². The summed E-state index contributed by atoms with van der Waals surface area (Å²) >= 11 is 5.73. The molecule has 0 aliphatic rings. The number of H-pyrrole nitrogens is 2. The van der Waals surface area contributed by atoms with Gasteiger partial charge in [0, 0.05) is 5.02 Å². The zero-order valence-electron chi connectivity index (χ0n) is 8.49. The van der Waals surface area contributed by atoms with Gasteiger partial charge in [0.2, 0.25) is 0 Å². The molecule has 0 atom stereocenters. The van der Waals surface area contributed by atoms with Gasteiger partial charge < -0.3 is 5.10 Å². The molecule has 0 fully saturated rings. The van der Waals surface area contributed by atoms with Crippen LogP contribution in [0.1, 0.15) is 5.69 Å². The number of aromatic nitrogens is 2. The summed E-state index contributed by atoms with van der Waals surface area (Å²) in [6.45, 7) is 1.74. The molecule has 0 unspecified atom stereocenters. The number of halogens is 1. The zero-order valence-corrected chi connectivity index (χ0v) is 9.25. The molecule has 0 radical (unpaired) electrons. The molecule has 2 N–H and O–H groups in total. The summed E-state index contributed by atoms with van der Waals surface area (Å²) in [6.07, 6.45) is 0. The lowest BCUT2D eigenvalue weighted by atomic mass is 10.3. The van der Waals surface area contributed by atoms with Gasteiger partial charge in [-0.25, -0.2) is 0 Å². The van der Waals surface area contributed by atoms with Crippen molar-refractivity contribution in [2.75, 3.05) is 0 Å². The Morgan fingerprint density at radius 1 is 1.12 bits per heavy atom. The first-order valence-electron chi connectivity index (χ1n) is 4.61. The van der Waals surface area contributed by atoms with Crippen molar-refractivity contribution in [2.24, 2.45) is 10.2 Å². The third-order valence-electron chi connectivity index (χ3n) is 2.03. The van der Waals surface area contributed by atoms with Gasteiger partial charge in [-0.15, -0.1) is 5.11 Å². The summed E-state index contributed by atoms with van der Waals surface area (Å²) in [5.74, 6) is 0. The summed E-state index contributed by atoms with van der Waals surface area (Å²) in [5.41, 5.74) is 1.30. The molecule has 0 saturated carbocycles. The number of hydrogen-bond acceptors (Lipinski definition) is 3. The molecular weight excluding hydrogens is 228 g/mol. The lowest BCUT2D eigenvalue weighted by Gasteiger charge is -1.91. The van der Waals surface area contributed by atoms with E-state index in [1.54, 1.807) is 31.2 Å². The second-order valence-electron chi connectivity index (χ2n) is 3.23. The fourth-order valence-electron chi connectivity index (χ4n) is 1.18. The quantitative estimate of drug-likeness (QED) is 0.773. The van der Waals surface area contributed by atoms with E-state index in [1.807, 2.05) is 0 Å². The Morgan fingerprint density at radius 3 is 2.38 bits per heavy atom. The first kappa shape index (κ1) is 10.6. The summed E-state index contributed by atoms with van der Waals surface area (Å²) < 4.78 is 0. The molecule has 0 saturated heterocycles. The van der Waals surface area contributed by atoms with Gasteiger partial charge in [0.15, 0.2) is 5.69 Å². The Labute approximate surface area is 96.2 Å². The van der Waals surface area contributed by atoms with Crippen molar-refractivity contribution < 1.29 is 0 Å². The summed E-state index contributed by atoms with van der Waals surface area (Å²) in [7, 11) is 0. The molecular formula is C10H9ClN4O. The van der Waals surface area contributed by atoms with Crippen molar-refractivity contribution in [3.8, 4) is 0 Å². The number of benzene rings is 1. The molecule has 0 spiro atoms. The van der Waals surface area contributed by atoms with Crippen molar-refractivity contribution in [3.63, 3.8) is 0 Å². The Kier molecular flexibility index (Phi) is 2.87. The average molecular weight is 237 g/mol. The largest absolute Gasteiger partial charge is 0.300 e. The van der Waals surface area contributed by atoms with Crippen molar-refractivity contribution in [3.05, 3.63) is 45.3 Å². The van der Waals surface area contributed by atoms with Crippen LogP contribution in [-0.4, -0.2) is 10.2 Å². The van der Waals surface area contributed by atoms with Crippen molar-refractivity contribution in [1.29, 1.82) is 0 Å². The van der Waals surface area contributed by atoms with Crippen molar-refractivity contribution in [1.82, 2.24) is 10.2 Å². The predicted molar refractivity (Wildman–Crippen MR) is 61.8 cm³/mol. The van der Waals surface area contributed by atoms with Gasteiger partial charge in [0.1, 0.15) is 0 Å². The minimum atomic E-state index is -0.282. The molecule has 2 aromatic rings. The van der Waals surface area contributed by atoms with E-state index in [-0.39, 0.29) is 11.2 Å². The number of rotatable bonds is 2. The highest BCUT2D eigenvalue weighted by Gasteiger charge is 2.03. The summed E-state index contributed by atoms with van der Waals surface area (Å²) in [6, 6.07) is 6.87. The molecule has 0 bridgehead atoms. The topological polar surface area (TPSA) is 73.4 Å². The third-order valence-corrected chi connectivity index (χ3v) is 2.28. The number of hydrogen-bond donors (Lipinski definition) is 2. The van der Waals surface area contributed by atoms with Gasteiger partial charge in [-0.05, 0) is 31.2 Å². The fraction of sp³-hybridized carbons (Fsp3) is 0.100. The van der Waals surface area contributed by atoms with Gasteiger partial charge >= 0.3 is 0 Å². The van der Waals surface area contributed by atoms with Gasteiger partial charge in [-0.1, -0.05) is 11.6 Å². The van der Waals surface area contributed by atoms with Gasteiger partial charge in [-0.2, -0.15) is 5.11 Å². The van der Waals surface area contributed by atoms with E-state index in [0.29, 0.717) is 16.4 Å². The van der Waals surface area contributed by atoms with Crippen LogP contribution in [0.4, 0.5) is 11.4 Å². The molecule has 0 aliphatic carbocycles. The van der Waals surface area contributed by atoms with Crippen LogP contribution >= 0.6 is 11.6 Å². The molecule has 6 heteroatoms. The number of azo groups is 1. The van der Waals surface area contributed by atoms with Crippen LogP contribution in [0.5, 0.6) is 0 Å². The molecule has 2 rings (SSSR count). The van der Waals surface area contributed by atoms with Crippen LogP contribution in [0.2, 0.25) is 5.02 Å². The van der Waals surface area contributed by atoms with Crippen molar-refractivity contribution in [2.45, 2.75) is 6.92 Å². The van der Waals surface area contributed by atoms with Crippen LogP contribution in [0.25, 0.3) is 0 Å². The van der Waals surface area contributed by atoms with Crippen LogP contribution in [-0.2, 0) is 0 Å². The standard InChI is InChI=1S/C10H9ClN4O/c1-6-9(10(16)15-12-6)14-13-8-4-2-7(11)3-5-8/h2-5H,1H3,(H2,12,15,16). The Balaban J connectivity index is 2.28. The molecule has 16 heavy (non-hydrogen) atoms. The Bertz CT molecular complexity index is 567. The summed E-state index contributed by atoms with van der Waals surface area (Å²) in [4.78, 5) is 11.3. The first-order valence-corrected chi connectivity index (χ1v) is 4.99. The minimum absolute atomic E-state index is 0.282. The predicted octanol–water partition coefficient (Wildman–Crippen LogP) is 3.08. The second-order valence-corrected chi connectivity index (χ2v) is 3.67. The molecule has 5 nitrogen and oxygen atoms in total. The number of aryl methyl sites for hydroxylation is 1. The Morgan fingerprint density at radius 2 is 1.81 bits per heavy atom. The van der Waals surface area contributed by atoms with E-state index >= 15 is 0 Å². The average Bonchev–Trinajstić information content (AvgIpc) is 2.59. The lowest BCUT2D eigenvalue weighted by Crippen LogP contribution is -1.96. The van der Waals surface area contributed by atoms with E-state index in [4.69, 9.17) is 11.6 Å². The van der Waals surface area contributed by atoms with E-state index in [2.05, 4.69) is 20.4 Å². The molecule has 0 aliphatic heterocycles. The van der Waals surface area contributed by atoms with Crippen LogP contribution < -0.4 is 5.56 Å². The number of aromatic amines is 2. The van der Waals surface area contributed by atoms with E-state index in [9.17, 15) is 4.79 Å². The molecule has 82 valence electrons. The molecule has 1 heterocycles. The second kappa shape index (κ2) is 4.32. The molecule has 0 amide bonds. The molecule has 1 aromatic carbocycles. The normalized spacial score (nSPS) is 11.1. The van der Waals surface area contributed by atoms with Crippen LogP contribution in [0.15, 0.2) is 39.3 Å². The first-order chi connectivity index (χ1) is 7.66. The maximum absolute atomic E-state index is 11.3. The maximum Gasteiger partial charge on any atom is 0.291 e. The van der Waals surface area contributed by atoms with E-state index in [1.165, 1.54) is 0 Å². The van der Waals surface area contributed by atoms with E-state index < -0.39 is 0 Å². The third kappa shape index (κ3) is 2.20. The highest BCUT2D eigenvalue weighted by Crippen LogP contribution is 2.19. The Hall–Kier alpha value is -1.88. The summed E-state index contributed by atoms with van der Waals surface area (Å²) in [5, 5.41) is 13.5. The maximum atomic E-state index is 11.3. The number of nitrogens with zero attached hydrogens (tertiary/aromatic N) is 2. The molecule has 1 aromatic heterocycles. The highest BCUT2D eigenvalue weighted by atomic mass is 35.5. The number of nitrogens with one attached hydrogen (secondary N) is 2. The minimum Gasteiger partial charge on any atom is -0.300 e. The van der Waals surface area contributed by atoms with Gasteiger partial charge in [0.05, 0.1) is 11.4 Å². The van der Waals surface area contributed by atoms with Crippen LogP contribution in [0, 0.1) is 6.92 Å². The smallest absolute Gasteiger partial charge is 0.291 e. The lowest BCUT2D eigenvalue weighted by molar-refractivity contribution is 1.02. The van der Waals surface area contributed by atoms with Crippen LogP contribution in [0.3, 0.4) is 0 Å².